The van der Waals surface area contributed by atoms with Crippen molar-refractivity contribution in [3.8, 4) is 0 Å². The largest absolute Gasteiger partial charge is 0.436 e. The molecule has 3 nitrogen and oxygen atoms in total. The third-order valence-electron chi connectivity index (χ3n) is 2.49. The summed E-state index contributed by atoms with van der Waals surface area (Å²) >= 11 is 0. The number of hydrogen-bond acceptors (Lipinski definition) is 1. The van der Waals surface area contributed by atoms with Crippen molar-refractivity contribution in [3.05, 3.63) is 60.7 Å². The molecule has 0 saturated carbocycles. The maximum absolute atomic E-state index is 4.42. The first-order valence-electron chi connectivity index (χ1n) is 5.45. The van der Waals surface area contributed by atoms with Gasteiger partial charge in [0.05, 0.1) is 0 Å². The van der Waals surface area contributed by atoms with Crippen molar-refractivity contribution in [1.29, 1.82) is 0 Å². The summed E-state index contributed by atoms with van der Waals surface area (Å²) in [4.78, 5) is 8.83. The van der Waals surface area contributed by atoms with E-state index in [4.69, 9.17) is 0 Å². The number of rotatable bonds is 2. The van der Waals surface area contributed by atoms with E-state index in [9.17, 15) is 0 Å². The van der Waals surface area contributed by atoms with Crippen LogP contribution in [0.1, 0.15) is 5.82 Å². The second-order valence-electron chi connectivity index (χ2n) is 3.71. The number of aromatic nitrogens is 3. The molecule has 0 N–H and O–H groups in total. The molecule has 0 aliphatic carbocycles. The highest BCUT2D eigenvalue weighted by Crippen LogP contribution is 2.09. The van der Waals surface area contributed by atoms with E-state index in [0.717, 1.165) is 16.9 Å². The van der Waals surface area contributed by atoms with Crippen LogP contribution in [0.3, 0.4) is 0 Å². The molecule has 2 heterocycles. The molecule has 3 rings (SSSR count). The van der Waals surface area contributed by atoms with Crippen LogP contribution in [0.2, 0.25) is 0 Å². The van der Waals surface area contributed by atoms with E-state index in [1.807, 2.05) is 71.7 Å². The summed E-state index contributed by atoms with van der Waals surface area (Å²) in [5.41, 5.74) is 1.87. The van der Waals surface area contributed by atoms with Crippen molar-refractivity contribution in [3.63, 3.8) is 0 Å². The molecule has 0 aliphatic rings. The standard InChI is InChI=1S/C14H11N3/c1-4-9-17(10-5-1)11-8-14-15-12-6-2-3-7-13(12)16-14/h1-11H/b11-8+. The fourth-order valence-electron chi connectivity index (χ4n) is 1.66. The van der Waals surface area contributed by atoms with E-state index < -0.39 is 0 Å². The predicted molar refractivity (Wildman–Crippen MR) is 66.9 cm³/mol. The molecule has 3 heteroatoms. The highest BCUT2D eigenvalue weighted by molar-refractivity contribution is 5.76. The van der Waals surface area contributed by atoms with Gasteiger partial charge in [-0.2, -0.15) is 4.57 Å². The van der Waals surface area contributed by atoms with Gasteiger partial charge in [-0.25, -0.2) is 0 Å². The Morgan fingerprint density at radius 1 is 1.00 bits per heavy atom. The summed E-state index contributed by atoms with van der Waals surface area (Å²) in [5, 5.41) is 0. The summed E-state index contributed by atoms with van der Waals surface area (Å²) in [7, 11) is 0. The Balaban J connectivity index is 1.92. The molecule has 0 atom stereocenters. The Hall–Kier alpha value is -2.42. The number of pyridine rings is 1. The Morgan fingerprint density at radius 2 is 1.82 bits per heavy atom. The van der Waals surface area contributed by atoms with E-state index in [1.54, 1.807) is 0 Å². The van der Waals surface area contributed by atoms with Crippen LogP contribution >= 0.6 is 0 Å². The van der Waals surface area contributed by atoms with Gasteiger partial charge in [0, 0.05) is 18.2 Å². The lowest BCUT2D eigenvalue weighted by atomic mass is 10.3. The van der Waals surface area contributed by atoms with Gasteiger partial charge in [0.1, 0.15) is 0 Å². The van der Waals surface area contributed by atoms with Crippen molar-refractivity contribution in [1.82, 2.24) is 9.97 Å². The molecule has 3 aromatic rings. The van der Waals surface area contributed by atoms with Crippen LogP contribution < -0.4 is 9.55 Å². The first kappa shape index (κ1) is 9.78. The van der Waals surface area contributed by atoms with Gasteiger partial charge in [-0.1, -0.05) is 36.2 Å². The second kappa shape index (κ2) is 4.22. The van der Waals surface area contributed by atoms with Crippen molar-refractivity contribution >= 4 is 23.3 Å². The molecule has 1 aromatic carbocycles. The molecule has 17 heavy (non-hydrogen) atoms. The van der Waals surface area contributed by atoms with Crippen LogP contribution in [0.5, 0.6) is 0 Å². The van der Waals surface area contributed by atoms with Gasteiger partial charge >= 0.3 is 0 Å². The highest BCUT2D eigenvalue weighted by atomic mass is 14.9. The molecular weight excluding hydrogens is 210 g/mol. The average Bonchev–Trinajstić information content (AvgIpc) is 2.80. The summed E-state index contributed by atoms with van der Waals surface area (Å²) < 4.78 is 1.96. The SMILES string of the molecule is C(=C\[n+]1ccccc1)/c1nc2ccccc2[n-]1. The summed E-state index contributed by atoms with van der Waals surface area (Å²) in [5.74, 6) is 0.738. The van der Waals surface area contributed by atoms with Crippen molar-refractivity contribution in [2.24, 2.45) is 0 Å². The van der Waals surface area contributed by atoms with Crippen molar-refractivity contribution in [2.45, 2.75) is 0 Å². The molecule has 0 fully saturated rings. The molecule has 0 spiro atoms. The number of benzene rings is 1. The smallest absolute Gasteiger partial charge is 0.174 e. The lowest BCUT2D eigenvalue weighted by Gasteiger charge is -1.91. The van der Waals surface area contributed by atoms with Gasteiger partial charge in [-0.05, 0) is 11.0 Å². The lowest BCUT2D eigenvalue weighted by Crippen LogP contribution is -2.23. The Bertz CT molecular complexity index is 620. The number of para-hydroxylation sites is 2. The van der Waals surface area contributed by atoms with Gasteiger partial charge < -0.3 is 9.97 Å². The molecule has 0 aliphatic heterocycles. The topological polar surface area (TPSA) is 30.9 Å². The molecule has 82 valence electrons. The molecule has 0 unspecified atom stereocenters. The maximum atomic E-state index is 4.42. The van der Waals surface area contributed by atoms with Crippen LogP contribution in [0, 0.1) is 0 Å². The quantitative estimate of drug-likeness (QED) is 0.620. The second-order valence-corrected chi connectivity index (χ2v) is 3.71. The Kier molecular flexibility index (Phi) is 2.43. The Labute approximate surface area is 99.1 Å². The summed E-state index contributed by atoms with van der Waals surface area (Å²) in [6, 6.07) is 13.8. The third kappa shape index (κ3) is 2.08. The zero-order chi connectivity index (χ0) is 11.5. The van der Waals surface area contributed by atoms with E-state index >= 15 is 0 Å². The number of imidazole rings is 1. The highest BCUT2D eigenvalue weighted by Gasteiger charge is 1.91. The van der Waals surface area contributed by atoms with Crippen LogP contribution in [-0.4, -0.2) is 4.98 Å². The Morgan fingerprint density at radius 3 is 2.65 bits per heavy atom. The first-order valence-corrected chi connectivity index (χ1v) is 5.45. The van der Waals surface area contributed by atoms with E-state index in [1.165, 1.54) is 0 Å². The van der Waals surface area contributed by atoms with Crippen LogP contribution in [0.4, 0.5) is 0 Å². The maximum Gasteiger partial charge on any atom is 0.174 e. The zero-order valence-electron chi connectivity index (χ0n) is 9.19. The number of nitrogens with zero attached hydrogens (tertiary/aromatic N) is 3. The van der Waals surface area contributed by atoms with Crippen molar-refractivity contribution < 1.29 is 4.57 Å². The lowest BCUT2D eigenvalue weighted by molar-refractivity contribution is -0.567. The van der Waals surface area contributed by atoms with Crippen LogP contribution in [0.15, 0.2) is 54.9 Å². The van der Waals surface area contributed by atoms with Crippen LogP contribution in [-0.2, 0) is 0 Å². The minimum atomic E-state index is 0.738. The van der Waals surface area contributed by atoms with E-state index in [0.29, 0.717) is 0 Å². The van der Waals surface area contributed by atoms with Gasteiger partial charge in [-0.3, -0.25) is 0 Å². The molecule has 2 aromatic heterocycles. The molecule has 0 amide bonds. The first-order chi connectivity index (χ1) is 8.42. The fourth-order valence-corrected chi connectivity index (χ4v) is 1.66. The van der Waals surface area contributed by atoms with Gasteiger partial charge in [0.25, 0.3) is 0 Å². The summed E-state index contributed by atoms with van der Waals surface area (Å²) in [6.45, 7) is 0. The van der Waals surface area contributed by atoms with E-state index in [2.05, 4.69) is 9.97 Å². The monoisotopic (exact) mass is 221 g/mol. The predicted octanol–water partition coefficient (Wildman–Crippen LogP) is 2.11. The van der Waals surface area contributed by atoms with Crippen molar-refractivity contribution in [2.75, 3.05) is 0 Å². The molecular formula is C14H11N3. The molecule has 0 saturated heterocycles. The van der Waals surface area contributed by atoms with E-state index in [-0.39, 0.29) is 0 Å². The minimum Gasteiger partial charge on any atom is -0.436 e. The zero-order valence-corrected chi connectivity index (χ0v) is 9.19. The molecule has 0 radical (unpaired) electrons. The van der Waals surface area contributed by atoms with Gasteiger partial charge in [0.15, 0.2) is 18.6 Å². The van der Waals surface area contributed by atoms with Gasteiger partial charge in [-0.15, -0.1) is 0 Å². The molecule has 0 bridgehead atoms. The third-order valence-corrected chi connectivity index (χ3v) is 2.49. The number of hydrogen-bond donors (Lipinski definition) is 0. The van der Waals surface area contributed by atoms with Crippen LogP contribution in [0.25, 0.3) is 23.3 Å². The average molecular weight is 221 g/mol. The normalized spacial score (nSPS) is 11.3. The summed E-state index contributed by atoms with van der Waals surface area (Å²) in [6.07, 6.45) is 7.78. The number of fused-ring (bicyclic) bond motifs is 1. The fraction of sp³-hybridized carbons (Fsp3) is 0. The van der Waals surface area contributed by atoms with Gasteiger partial charge in [0.2, 0.25) is 0 Å². The minimum absolute atomic E-state index is 0.738.